The van der Waals surface area contributed by atoms with Gasteiger partial charge in [0.2, 0.25) is 23.4 Å². The number of piperidine rings is 1. The summed E-state index contributed by atoms with van der Waals surface area (Å²) in [7, 11) is 4.47. The van der Waals surface area contributed by atoms with Crippen LogP contribution < -0.4 is 16.0 Å². The molecule has 1 unspecified atom stereocenters. The Kier molecular flexibility index (Phi) is 29.0. The Morgan fingerprint density at radius 1 is 0.843 bits per heavy atom. The Balaban J connectivity index is 1.15. The average Bonchev–Trinajstić information content (AvgIpc) is 3.70. The van der Waals surface area contributed by atoms with Crippen LogP contribution in [0.25, 0.3) is 0 Å². The molecule has 89 heavy (non-hydrogen) atoms. The monoisotopic (exact) mass is 1250 g/mol. The molecule has 4 aliphatic heterocycles. The molecular formula is C66H103N7O16. The first-order chi connectivity index (χ1) is 42.5. The largest absolute Gasteiger partial charge is 0.459 e. The number of hydrogen-bond donors (Lipinski definition) is 5. The lowest BCUT2D eigenvalue weighted by Gasteiger charge is -2.45. The van der Waals surface area contributed by atoms with Gasteiger partial charge in [0.15, 0.2) is 12.0 Å². The molecule has 4 fully saturated rings. The predicted molar refractivity (Wildman–Crippen MR) is 333 cm³/mol. The second-order valence-electron chi connectivity index (χ2n) is 25.3. The third-order valence-corrected chi connectivity index (χ3v) is 18.5. The molecule has 1 aromatic heterocycles. The molecule has 0 radical (unpaired) electrons. The predicted octanol–water partition coefficient (Wildman–Crippen LogP) is 5.85. The standard InChI is InChI=1S/C66H103N7O16/c1-11-30-86-31-24-57(75)71-26-28-72(29-27-71)64-68-38-48(39-69-64)40-70-65(81)88-53-23-21-47(35-56(53)84-9)34-50(67)55-37-52(74)43(4)33-45(6)59(77)60(85-10)58(76)44(5)32-41(2)17-13-12-14-18-42(3)54(83-8)36-49-22-20-46(7)66(82,89-49)61(78)62(79)73-25-16-15-19-51(73)63(80)87-55/h12-14,17-18,33,38-39,41,43-44,46-47,49-51,53-56,59-60,62,77,79,82H,11,15-16,19-32,34-37,40,67H2,1-10H3,(H,70,81)/b14-12+,17-13+,42-18+,45-33+/t41-,43-,44-,46-,47+,49+,50-,51+,53-,54+,55+,56-,59-,60+,62?,66-/m1/s1. The summed E-state index contributed by atoms with van der Waals surface area (Å²) in [4.78, 5) is 97.6. The number of piperazine rings is 1. The molecule has 23 heteroatoms. The summed E-state index contributed by atoms with van der Waals surface area (Å²) in [6.45, 7) is 16.3. The zero-order valence-corrected chi connectivity index (χ0v) is 54.3. The van der Waals surface area contributed by atoms with E-state index in [9.17, 15) is 44.1 Å². The van der Waals surface area contributed by atoms with E-state index in [-0.39, 0.29) is 61.7 Å². The number of allylic oxidation sites excluding steroid dienone is 6. The summed E-state index contributed by atoms with van der Waals surface area (Å²) < 4.78 is 41.3. The number of fused-ring (bicyclic) bond motifs is 3. The first-order valence-corrected chi connectivity index (χ1v) is 32.2. The van der Waals surface area contributed by atoms with Crippen molar-refractivity contribution in [2.45, 2.75) is 212 Å². The van der Waals surface area contributed by atoms with Crippen LogP contribution in [0.4, 0.5) is 10.7 Å². The van der Waals surface area contributed by atoms with Gasteiger partial charge in [-0.15, -0.1) is 0 Å². The first-order valence-electron chi connectivity index (χ1n) is 32.2. The minimum Gasteiger partial charge on any atom is -0.459 e. The molecule has 1 aromatic rings. The molecule has 1 aliphatic carbocycles. The molecule has 3 saturated heterocycles. The Morgan fingerprint density at radius 3 is 2.26 bits per heavy atom. The van der Waals surface area contributed by atoms with Crippen molar-refractivity contribution in [2.75, 3.05) is 72.2 Å². The number of aliphatic hydroxyl groups is 3. The fraction of sp³-hybridized carbons (Fsp3) is 0.727. The summed E-state index contributed by atoms with van der Waals surface area (Å²) >= 11 is 0. The number of ether oxygens (including phenoxy) is 7. The number of nitrogens with zero attached hydrogens (tertiary/aromatic N) is 5. The van der Waals surface area contributed by atoms with Crippen molar-refractivity contribution in [3.63, 3.8) is 0 Å². The number of anilines is 1. The molecule has 2 bridgehead atoms. The number of ketones is 3. The van der Waals surface area contributed by atoms with Gasteiger partial charge in [0, 0.05) is 122 Å². The third kappa shape index (κ3) is 20.6. The van der Waals surface area contributed by atoms with E-state index in [4.69, 9.17) is 38.9 Å². The van der Waals surface area contributed by atoms with Crippen molar-refractivity contribution >= 4 is 41.3 Å². The van der Waals surface area contributed by atoms with E-state index in [1.54, 1.807) is 53.3 Å². The topological polar surface area (TPSA) is 301 Å². The second kappa shape index (κ2) is 35.5. The number of Topliss-reactive ketones (excluding diaryl/α,β-unsaturated/α-hetero) is 3. The fourth-order valence-electron chi connectivity index (χ4n) is 12.8. The number of carbonyl (C=O) groups excluding carboxylic acids is 6. The molecule has 0 aromatic carbocycles. The number of rotatable bonds is 15. The molecule has 6 N–H and O–H groups in total. The third-order valence-electron chi connectivity index (χ3n) is 18.5. The maximum Gasteiger partial charge on any atom is 0.407 e. The number of alkyl carbamates (subject to hydrolysis) is 1. The smallest absolute Gasteiger partial charge is 0.407 e. The molecule has 498 valence electrons. The summed E-state index contributed by atoms with van der Waals surface area (Å²) in [6, 6.07) is -2.08. The summed E-state index contributed by atoms with van der Waals surface area (Å²) in [5.74, 6) is -6.44. The molecule has 0 spiro atoms. The van der Waals surface area contributed by atoms with E-state index in [0.29, 0.717) is 121 Å². The van der Waals surface area contributed by atoms with E-state index in [1.165, 1.54) is 19.1 Å². The first kappa shape index (κ1) is 72.7. The van der Waals surface area contributed by atoms with Crippen LogP contribution in [0.1, 0.15) is 144 Å². The van der Waals surface area contributed by atoms with Crippen molar-refractivity contribution in [1.82, 2.24) is 25.1 Å². The number of hydrogen-bond acceptors (Lipinski definition) is 21. The highest BCUT2D eigenvalue weighted by Crippen LogP contribution is 2.38. The quantitative estimate of drug-likeness (QED) is 0.0781. The molecule has 6 rings (SSSR count). The zero-order valence-electron chi connectivity index (χ0n) is 54.3. The number of amides is 2. The molecule has 16 atom stereocenters. The Hall–Kier alpha value is -5.34. The van der Waals surface area contributed by atoms with Gasteiger partial charge in [-0.3, -0.25) is 28.9 Å². The summed E-state index contributed by atoms with van der Waals surface area (Å²) in [5.41, 5.74) is 8.92. The Labute approximate surface area is 526 Å². The molecule has 1 saturated carbocycles. The molecule has 5 aliphatic rings. The van der Waals surface area contributed by atoms with E-state index >= 15 is 0 Å². The van der Waals surface area contributed by atoms with Gasteiger partial charge in [-0.25, -0.2) is 14.8 Å². The number of nitrogens with two attached hydrogens (primary N) is 1. The van der Waals surface area contributed by atoms with Crippen LogP contribution in [-0.2, 0) is 63.7 Å². The van der Waals surface area contributed by atoms with Crippen LogP contribution in [0.5, 0.6) is 0 Å². The van der Waals surface area contributed by atoms with Crippen LogP contribution in [0.2, 0.25) is 0 Å². The maximum absolute atomic E-state index is 14.7. The summed E-state index contributed by atoms with van der Waals surface area (Å²) in [5, 5.41) is 38.5. The second-order valence-corrected chi connectivity index (χ2v) is 25.3. The van der Waals surface area contributed by atoms with Gasteiger partial charge in [0.05, 0.1) is 31.3 Å². The van der Waals surface area contributed by atoms with Crippen molar-refractivity contribution < 1.29 is 77.2 Å². The molecule has 23 nitrogen and oxygen atoms in total. The highest BCUT2D eigenvalue weighted by molar-refractivity contribution is 5.90. The highest BCUT2D eigenvalue weighted by Gasteiger charge is 2.53. The van der Waals surface area contributed by atoms with Gasteiger partial charge in [-0.1, -0.05) is 77.5 Å². The van der Waals surface area contributed by atoms with Gasteiger partial charge in [0.1, 0.15) is 36.2 Å². The van der Waals surface area contributed by atoms with Crippen molar-refractivity contribution in [1.29, 1.82) is 0 Å². The SMILES string of the molecule is CCCOCCC(=O)N1CCN(c2ncc(CNC(=O)O[C@@H]3CC[C@@H](C[C@@H](N)[C@@H]4CC(=O)[C@H](C)/C=C(\C)[C@@H](O)[C@@H](OC)C(=O)[C@H](C)C[C@H](C)/C=C/C=C/C=C(\C)[C@@H](OC)C[C@@H]5CC[C@@H](C)[C@@](O)(O5)C(=O)C(O)N5CCCC[C@H]5C(=O)O4)C[C@H]3OC)cn2)CC1. The number of carbonyl (C=O) groups is 6. The van der Waals surface area contributed by atoms with Crippen LogP contribution in [0.15, 0.2) is 60.0 Å². The number of methoxy groups -OCH3 is 3. The lowest BCUT2D eigenvalue weighted by molar-refractivity contribution is -0.275. The summed E-state index contributed by atoms with van der Waals surface area (Å²) in [6.07, 6.45) is 11.4. The van der Waals surface area contributed by atoms with E-state index in [1.807, 2.05) is 61.0 Å². The Morgan fingerprint density at radius 2 is 1.57 bits per heavy atom. The van der Waals surface area contributed by atoms with Crippen LogP contribution >= 0.6 is 0 Å². The number of aliphatic hydroxyl groups excluding tert-OH is 2. The lowest BCUT2D eigenvalue weighted by Crippen LogP contribution is -2.62. The number of aromatic nitrogens is 2. The van der Waals surface area contributed by atoms with Gasteiger partial charge < -0.3 is 69.3 Å². The number of nitrogens with one attached hydrogen (secondary N) is 1. The molecule has 5 heterocycles. The number of cyclic esters (lactones) is 1. The zero-order chi connectivity index (χ0) is 65.0. The molecule has 2 amide bonds. The van der Waals surface area contributed by atoms with Crippen molar-refractivity contribution in [3.8, 4) is 0 Å². The lowest BCUT2D eigenvalue weighted by atomic mass is 9.80. The van der Waals surface area contributed by atoms with Crippen LogP contribution in [-0.4, -0.2) is 205 Å². The van der Waals surface area contributed by atoms with E-state index in [0.717, 1.165) is 12.0 Å². The average molecular weight is 1250 g/mol. The van der Waals surface area contributed by atoms with Crippen LogP contribution in [0.3, 0.4) is 0 Å². The van der Waals surface area contributed by atoms with Gasteiger partial charge in [-0.05, 0) is 101 Å². The van der Waals surface area contributed by atoms with Crippen molar-refractivity contribution in [2.24, 2.45) is 35.3 Å². The molecular weight excluding hydrogens is 1150 g/mol. The van der Waals surface area contributed by atoms with Crippen molar-refractivity contribution in [3.05, 3.63) is 65.6 Å². The Bertz CT molecular complexity index is 2590. The van der Waals surface area contributed by atoms with E-state index in [2.05, 4.69) is 15.3 Å². The minimum absolute atomic E-state index is 0.0146. The highest BCUT2D eigenvalue weighted by atomic mass is 16.6. The maximum atomic E-state index is 14.7. The van der Waals surface area contributed by atoms with Gasteiger partial charge in [0.25, 0.3) is 0 Å². The number of esters is 1. The fourth-order valence-corrected chi connectivity index (χ4v) is 12.8. The van der Waals surface area contributed by atoms with Crippen LogP contribution in [0, 0.1) is 29.6 Å². The van der Waals surface area contributed by atoms with Gasteiger partial charge >= 0.3 is 12.1 Å². The van der Waals surface area contributed by atoms with E-state index < -0.39 is 102 Å². The minimum atomic E-state index is -2.39. The normalized spacial score (nSPS) is 34.6. The van der Waals surface area contributed by atoms with Gasteiger partial charge in [-0.2, -0.15) is 0 Å².